The van der Waals surface area contributed by atoms with Gasteiger partial charge in [-0.3, -0.25) is 4.79 Å². The Hall–Kier alpha value is -1.12. The molecule has 5 nitrogen and oxygen atoms in total. The summed E-state index contributed by atoms with van der Waals surface area (Å²) in [6, 6.07) is 4.56. The third-order valence-electron chi connectivity index (χ3n) is 3.97. The molecule has 0 N–H and O–H groups in total. The second kappa shape index (κ2) is 6.17. The number of amides is 1. The first-order chi connectivity index (χ1) is 10.5. The highest BCUT2D eigenvalue weighted by Gasteiger charge is 2.42. The van der Waals surface area contributed by atoms with Gasteiger partial charge in [-0.05, 0) is 25.0 Å². The van der Waals surface area contributed by atoms with Gasteiger partial charge in [0.05, 0.1) is 5.88 Å². The van der Waals surface area contributed by atoms with Gasteiger partial charge < -0.3 is 4.90 Å². The molecule has 22 heavy (non-hydrogen) atoms. The van der Waals surface area contributed by atoms with E-state index in [1.165, 1.54) is 30.0 Å². The number of hydrogen-bond acceptors (Lipinski definition) is 4. The minimum Gasteiger partial charge on any atom is -0.341 e. The van der Waals surface area contributed by atoms with Crippen LogP contribution < -0.4 is 0 Å². The molecule has 1 aromatic rings. The van der Waals surface area contributed by atoms with Gasteiger partial charge in [-0.15, -0.1) is 11.8 Å². The zero-order valence-electron chi connectivity index (χ0n) is 11.9. The first-order valence-electron chi connectivity index (χ1n) is 7.15. The Morgan fingerprint density at radius 2 is 1.91 bits per heavy atom. The van der Waals surface area contributed by atoms with Gasteiger partial charge in [-0.25, -0.2) is 12.8 Å². The molecule has 1 amide bonds. The average molecular weight is 344 g/mol. The third-order valence-corrected chi connectivity index (χ3v) is 7.03. The van der Waals surface area contributed by atoms with Crippen molar-refractivity contribution in [1.29, 1.82) is 0 Å². The second-order valence-corrected chi connectivity index (χ2v) is 8.23. The van der Waals surface area contributed by atoms with Crippen molar-refractivity contribution in [2.45, 2.75) is 23.8 Å². The first kappa shape index (κ1) is 15.8. The molecule has 0 radical (unpaired) electrons. The number of rotatable bonds is 3. The van der Waals surface area contributed by atoms with Crippen molar-refractivity contribution >= 4 is 27.7 Å². The van der Waals surface area contributed by atoms with E-state index in [-0.39, 0.29) is 16.7 Å². The highest BCUT2D eigenvalue weighted by molar-refractivity contribution is 8.00. The molecule has 2 heterocycles. The Morgan fingerprint density at radius 3 is 2.59 bits per heavy atom. The Kier molecular flexibility index (Phi) is 4.42. The summed E-state index contributed by atoms with van der Waals surface area (Å²) in [5.74, 6) is -0.349. The van der Waals surface area contributed by atoms with Gasteiger partial charge in [0.15, 0.2) is 0 Å². The summed E-state index contributed by atoms with van der Waals surface area (Å²) >= 11 is 1.38. The molecule has 2 fully saturated rings. The maximum atomic E-state index is 13.9. The summed E-state index contributed by atoms with van der Waals surface area (Å²) in [6.45, 7) is 1.35. The molecule has 2 aliphatic heterocycles. The van der Waals surface area contributed by atoms with Crippen molar-refractivity contribution in [2.75, 3.05) is 24.7 Å². The van der Waals surface area contributed by atoms with Gasteiger partial charge in [0.2, 0.25) is 15.9 Å². The lowest BCUT2D eigenvalue weighted by Gasteiger charge is -2.26. The third kappa shape index (κ3) is 2.75. The smallest absolute Gasteiger partial charge is 0.247 e. The molecule has 1 atom stereocenters. The van der Waals surface area contributed by atoms with Crippen LogP contribution >= 0.6 is 11.8 Å². The van der Waals surface area contributed by atoms with Crippen LogP contribution in [0, 0.1) is 5.82 Å². The minimum atomic E-state index is -4.00. The largest absolute Gasteiger partial charge is 0.341 e. The molecule has 120 valence electrons. The van der Waals surface area contributed by atoms with Crippen LogP contribution in [-0.4, -0.2) is 54.3 Å². The van der Waals surface area contributed by atoms with E-state index < -0.39 is 21.9 Å². The van der Waals surface area contributed by atoms with Crippen LogP contribution in [0.4, 0.5) is 4.39 Å². The van der Waals surface area contributed by atoms with Crippen molar-refractivity contribution in [2.24, 2.45) is 0 Å². The lowest BCUT2D eigenvalue weighted by Crippen LogP contribution is -2.48. The summed E-state index contributed by atoms with van der Waals surface area (Å²) in [7, 11) is -4.00. The number of halogens is 1. The van der Waals surface area contributed by atoms with Crippen LogP contribution in [-0.2, 0) is 14.8 Å². The molecule has 0 unspecified atom stereocenters. The monoisotopic (exact) mass is 344 g/mol. The summed E-state index contributed by atoms with van der Waals surface area (Å²) in [5, 5.41) is 0. The number of nitrogens with zero attached hydrogens (tertiary/aromatic N) is 2. The van der Waals surface area contributed by atoms with Crippen molar-refractivity contribution in [3.05, 3.63) is 30.1 Å². The lowest BCUT2D eigenvalue weighted by molar-refractivity contribution is -0.133. The van der Waals surface area contributed by atoms with E-state index in [0.717, 1.165) is 23.2 Å². The quantitative estimate of drug-likeness (QED) is 0.834. The Labute approximate surface area is 133 Å². The van der Waals surface area contributed by atoms with E-state index in [9.17, 15) is 17.6 Å². The van der Waals surface area contributed by atoms with E-state index in [0.29, 0.717) is 18.8 Å². The fourth-order valence-electron chi connectivity index (χ4n) is 2.79. The van der Waals surface area contributed by atoms with Crippen molar-refractivity contribution in [3.8, 4) is 0 Å². The van der Waals surface area contributed by atoms with E-state index in [1.807, 2.05) is 0 Å². The number of thioether (sulfide) groups is 1. The number of carbonyl (C=O) groups excluding carboxylic acids is 1. The minimum absolute atomic E-state index is 0.164. The van der Waals surface area contributed by atoms with Gasteiger partial charge in [0.1, 0.15) is 16.8 Å². The maximum Gasteiger partial charge on any atom is 0.247 e. The second-order valence-electron chi connectivity index (χ2n) is 5.37. The topological polar surface area (TPSA) is 57.7 Å². The van der Waals surface area contributed by atoms with E-state index in [2.05, 4.69) is 0 Å². The lowest BCUT2D eigenvalue weighted by atomic mass is 10.3. The molecule has 3 rings (SSSR count). The van der Waals surface area contributed by atoms with Crippen LogP contribution in [0.2, 0.25) is 0 Å². The highest BCUT2D eigenvalue weighted by Crippen LogP contribution is 2.30. The number of sulfonamides is 1. The summed E-state index contributed by atoms with van der Waals surface area (Å²) in [6.07, 6.45) is 1.90. The normalized spacial score (nSPS) is 23.1. The van der Waals surface area contributed by atoms with Gasteiger partial charge in [0, 0.05) is 18.8 Å². The number of hydrogen-bond donors (Lipinski definition) is 0. The van der Waals surface area contributed by atoms with Gasteiger partial charge in [-0.2, -0.15) is 4.31 Å². The van der Waals surface area contributed by atoms with Crippen molar-refractivity contribution < 1.29 is 17.6 Å². The molecule has 0 saturated carbocycles. The first-order valence-corrected chi connectivity index (χ1v) is 9.74. The Balaban J connectivity index is 1.89. The molecule has 1 aromatic carbocycles. The predicted molar refractivity (Wildman–Crippen MR) is 82.4 cm³/mol. The molecule has 2 aliphatic rings. The zero-order chi connectivity index (χ0) is 15.7. The summed E-state index contributed by atoms with van der Waals surface area (Å²) < 4.78 is 40.4. The van der Waals surface area contributed by atoms with Gasteiger partial charge in [0.25, 0.3) is 0 Å². The van der Waals surface area contributed by atoms with E-state index >= 15 is 0 Å². The molecular weight excluding hydrogens is 327 g/mol. The van der Waals surface area contributed by atoms with Crippen LogP contribution in [0.3, 0.4) is 0 Å². The number of carbonyl (C=O) groups is 1. The molecule has 0 spiro atoms. The number of benzene rings is 1. The standard InChI is InChI=1S/C14H17FN2O3S2/c15-11-5-1-2-6-13(11)22(19,20)17-10-21-9-12(17)14(18)16-7-3-4-8-16/h1-2,5-6,12H,3-4,7-10H2/t12-/m1/s1. The fraction of sp³-hybridized carbons (Fsp3) is 0.500. The molecule has 0 aromatic heterocycles. The molecule has 0 bridgehead atoms. The van der Waals surface area contributed by atoms with Crippen molar-refractivity contribution in [1.82, 2.24) is 9.21 Å². The Morgan fingerprint density at radius 1 is 1.23 bits per heavy atom. The summed E-state index contributed by atoms with van der Waals surface area (Å²) in [4.78, 5) is 13.9. The van der Waals surface area contributed by atoms with Crippen molar-refractivity contribution in [3.63, 3.8) is 0 Å². The highest BCUT2D eigenvalue weighted by atomic mass is 32.2. The van der Waals surface area contributed by atoms with Crippen LogP contribution in [0.25, 0.3) is 0 Å². The molecular formula is C14H17FN2O3S2. The SMILES string of the molecule is O=C([C@H]1CSCN1S(=O)(=O)c1ccccc1F)N1CCCC1. The fourth-order valence-corrected chi connectivity index (χ4v) is 5.99. The number of likely N-dealkylation sites (tertiary alicyclic amines) is 1. The molecule has 8 heteroatoms. The van der Waals surface area contributed by atoms with Crippen LogP contribution in [0.1, 0.15) is 12.8 Å². The average Bonchev–Trinajstić information content (AvgIpc) is 3.18. The Bertz CT molecular complexity index is 674. The zero-order valence-corrected chi connectivity index (χ0v) is 13.6. The predicted octanol–water partition coefficient (Wildman–Crippen LogP) is 1.51. The molecule has 0 aliphatic carbocycles. The van der Waals surface area contributed by atoms with Gasteiger partial charge in [-0.1, -0.05) is 12.1 Å². The van der Waals surface area contributed by atoms with E-state index in [1.54, 1.807) is 4.90 Å². The van der Waals surface area contributed by atoms with Gasteiger partial charge >= 0.3 is 0 Å². The van der Waals surface area contributed by atoms with Crippen LogP contribution in [0.5, 0.6) is 0 Å². The van der Waals surface area contributed by atoms with Crippen LogP contribution in [0.15, 0.2) is 29.2 Å². The van der Waals surface area contributed by atoms with E-state index in [4.69, 9.17) is 0 Å². The maximum absolute atomic E-state index is 13.9. The summed E-state index contributed by atoms with van der Waals surface area (Å²) in [5.41, 5.74) is 0. The molecule has 2 saturated heterocycles.